The summed E-state index contributed by atoms with van der Waals surface area (Å²) in [4.78, 5) is 26.2. The van der Waals surface area contributed by atoms with Gasteiger partial charge in [0.1, 0.15) is 35.8 Å². The van der Waals surface area contributed by atoms with Crippen molar-refractivity contribution in [2.75, 3.05) is 32.8 Å². The SMILES string of the molecule is COc1ccc(C(OC[C@H]2O[C@@H](n3cnc4c(NC(=O)C(C)C)ncnc43)C[C@@H]2OP(OCCC#N)N(C(C)C)C(C)C)(c2ccccc2)c2ccc(OC)cc2)cc1. The molecular formula is C44H54N7O7P. The highest BCUT2D eigenvalue weighted by Gasteiger charge is 2.45. The first-order valence-electron chi connectivity index (χ1n) is 19.9. The first-order chi connectivity index (χ1) is 28.5. The van der Waals surface area contributed by atoms with Gasteiger partial charge in [0, 0.05) is 24.4 Å². The molecule has 4 atom stereocenters. The Labute approximate surface area is 347 Å². The minimum atomic E-state index is -1.65. The van der Waals surface area contributed by atoms with Crippen LogP contribution < -0.4 is 14.8 Å². The zero-order valence-electron chi connectivity index (χ0n) is 34.9. The number of anilines is 1. The van der Waals surface area contributed by atoms with E-state index >= 15 is 0 Å². The number of hydrogen-bond donors (Lipinski definition) is 1. The maximum atomic E-state index is 12.7. The molecular weight excluding hydrogens is 769 g/mol. The molecule has 0 saturated carbocycles. The monoisotopic (exact) mass is 823 g/mol. The fraction of sp³-hybridized carbons (Fsp3) is 0.432. The number of nitrogens with zero attached hydrogens (tertiary/aromatic N) is 6. The number of benzene rings is 3. The summed E-state index contributed by atoms with van der Waals surface area (Å²) < 4.78 is 42.9. The Hall–Kier alpha value is -5.00. The van der Waals surface area contributed by atoms with Crippen LogP contribution in [0.5, 0.6) is 11.5 Å². The zero-order chi connectivity index (χ0) is 42.1. The van der Waals surface area contributed by atoms with Crippen molar-refractivity contribution in [3.05, 3.63) is 108 Å². The van der Waals surface area contributed by atoms with E-state index in [1.807, 2.05) is 85.1 Å². The van der Waals surface area contributed by atoms with Crippen LogP contribution in [0.3, 0.4) is 0 Å². The summed E-state index contributed by atoms with van der Waals surface area (Å²) in [5.41, 5.74) is 2.49. The quantitative estimate of drug-likeness (QED) is 0.0483. The van der Waals surface area contributed by atoms with Crippen molar-refractivity contribution >= 4 is 31.4 Å². The molecule has 59 heavy (non-hydrogen) atoms. The van der Waals surface area contributed by atoms with Gasteiger partial charge >= 0.3 is 0 Å². The van der Waals surface area contributed by atoms with Gasteiger partial charge in [0.2, 0.25) is 5.91 Å². The fourth-order valence-electron chi connectivity index (χ4n) is 7.24. The second-order valence-electron chi connectivity index (χ2n) is 15.1. The van der Waals surface area contributed by atoms with E-state index in [1.54, 1.807) is 20.5 Å². The molecule has 312 valence electrons. The van der Waals surface area contributed by atoms with Gasteiger partial charge in [-0.25, -0.2) is 19.6 Å². The Kier molecular flexibility index (Phi) is 14.6. The third-order valence-corrected chi connectivity index (χ3v) is 12.3. The largest absolute Gasteiger partial charge is 0.497 e. The van der Waals surface area contributed by atoms with Gasteiger partial charge < -0.3 is 33.3 Å². The van der Waals surface area contributed by atoms with E-state index in [9.17, 15) is 10.1 Å². The molecule has 0 radical (unpaired) electrons. The van der Waals surface area contributed by atoms with Crippen molar-refractivity contribution in [3.63, 3.8) is 0 Å². The number of nitrogens with one attached hydrogen (secondary N) is 1. The number of nitriles is 1. The van der Waals surface area contributed by atoms with Crippen molar-refractivity contribution in [1.29, 1.82) is 5.26 Å². The predicted octanol–water partition coefficient (Wildman–Crippen LogP) is 8.40. The average Bonchev–Trinajstić information content (AvgIpc) is 3.86. The van der Waals surface area contributed by atoms with Crippen molar-refractivity contribution in [2.24, 2.45) is 5.92 Å². The number of rotatable bonds is 19. The lowest BCUT2D eigenvalue weighted by Crippen LogP contribution is -2.39. The number of ether oxygens (including phenoxy) is 4. The van der Waals surface area contributed by atoms with E-state index < -0.39 is 32.6 Å². The van der Waals surface area contributed by atoms with Crippen molar-refractivity contribution in [1.82, 2.24) is 24.2 Å². The molecule has 1 saturated heterocycles. The van der Waals surface area contributed by atoms with E-state index in [2.05, 4.69) is 70.8 Å². The minimum Gasteiger partial charge on any atom is -0.497 e. The summed E-state index contributed by atoms with van der Waals surface area (Å²) in [5, 5.41) is 12.3. The Morgan fingerprint density at radius 1 is 0.915 bits per heavy atom. The fourth-order valence-corrected chi connectivity index (χ4v) is 9.00. The molecule has 5 aromatic rings. The molecule has 1 unspecified atom stereocenters. The van der Waals surface area contributed by atoms with Gasteiger partial charge in [-0.05, 0) is 68.7 Å². The van der Waals surface area contributed by atoms with Crippen LogP contribution in [0, 0.1) is 17.2 Å². The van der Waals surface area contributed by atoms with E-state index in [4.69, 9.17) is 28.0 Å². The molecule has 0 bridgehead atoms. The van der Waals surface area contributed by atoms with Crippen LogP contribution in [0.25, 0.3) is 11.2 Å². The third kappa shape index (κ3) is 9.73. The van der Waals surface area contributed by atoms with Crippen LogP contribution in [0.1, 0.15) is 77.3 Å². The Morgan fingerprint density at radius 2 is 1.53 bits per heavy atom. The molecule has 1 fully saturated rings. The second-order valence-corrected chi connectivity index (χ2v) is 16.5. The maximum absolute atomic E-state index is 12.7. The van der Waals surface area contributed by atoms with Crippen LogP contribution in [0.2, 0.25) is 0 Å². The molecule has 3 heterocycles. The molecule has 1 N–H and O–H groups in total. The molecule has 2 aromatic heterocycles. The standard InChI is InChI=1S/C44H54N7O7P/c1-29(2)43(52)49-41-40-42(47-27-46-41)50(28-48-40)39-25-37(58-59(56-24-12-23-45)51(30(3)4)31(5)6)38(57-39)26-55-44(32-13-10-9-11-14-32,33-15-19-35(53-7)20-16-33)34-17-21-36(54-8)22-18-34/h9-11,13-22,27-31,37-39H,12,24-26H2,1-8H3,(H,46,47,49,52)/t37-,38+,39+,59?/m0/s1. The Balaban J connectivity index is 1.43. The predicted molar refractivity (Wildman–Crippen MR) is 226 cm³/mol. The molecule has 14 nitrogen and oxygen atoms in total. The van der Waals surface area contributed by atoms with Gasteiger partial charge in [0.25, 0.3) is 8.53 Å². The summed E-state index contributed by atoms with van der Waals surface area (Å²) >= 11 is 0. The highest BCUT2D eigenvalue weighted by molar-refractivity contribution is 7.44. The Morgan fingerprint density at radius 3 is 2.08 bits per heavy atom. The van der Waals surface area contributed by atoms with Crippen molar-refractivity contribution in [2.45, 2.75) is 90.5 Å². The summed E-state index contributed by atoms with van der Waals surface area (Å²) in [5.74, 6) is 1.33. The number of carbonyl (C=O) groups is 1. The average molecular weight is 824 g/mol. The van der Waals surface area contributed by atoms with Crippen molar-refractivity contribution in [3.8, 4) is 17.6 Å². The summed E-state index contributed by atoms with van der Waals surface area (Å²) in [6.07, 6.45) is 1.94. The second kappa shape index (κ2) is 19.8. The molecule has 3 aromatic carbocycles. The molecule has 6 rings (SSSR count). The van der Waals surface area contributed by atoms with Gasteiger partial charge in [-0.15, -0.1) is 0 Å². The van der Waals surface area contributed by atoms with Crippen LogP contribution >= 0.6 is 8.53 Å². The Bertz CT molecular complexity index is 2110. The maximum Gasteiger partial charge on any atom is 0.259 e. The summed E-state index contributed by atoms with van der Waals surface area (Å²) in [6, 6.07) is 28.2. The number of aromatic nitrogens is 4. The number of amides is 1. The van der Waals surface area contributed by atoms with Gasteiger partial charge in [0.15, 0.2) is 17.0 Å². The van der Waals surface area contributed by atoms with Crippen LogP contribution in [0.15, 0.2) is 91.5 Å². The highest BCUT2D eigenvalue weighted by Crippen LogP contribution is 2.51. The van der Waals surface area contributed by atoms with Gasteiger partial charge in [-0.3, -0.25) is 9.36 Å². The van der Waals surface area contributed by atoms with Crippen molar-refractivity contribution < 1.29 is 32.8 Å². The number of carbonyl (C=O) groups excluding carboxylic acids is 1. The lowest BCUT2D eigenvalue weighted by atomic mass is 9.80. The number of hydrogen-bond acceptors (Lipinski definition) is 12. The minimum absolute atomic E-state index is 0.0839. The number of imidazole rings is 1. The van der Waals surface area contributed by atoms with E-state index in [-0.39, 0.29) is 43.5 Å². The normalized spacial score (nSPS) is 17.5. The van der Waals surface area contributed by atoms with Gasteiger partial charge in [-0.2, -0.15) is 5.26 Å². The van der Waals surface area contributed by atoms with Crippen LogP contribution in [0.4, 0.5) is 5.82 Å². The van der Waals surface area contributed by atoms with E-state index in [0.717, 1.165) is 16.7 Å². The smallest absolute Gasteiger partial charge is 0.259 e. The topological polar surface area (TPSA) is 155 Å². The summed E-state index contributed by atoms with van der Waals surface area (Å²) in [7, 11) is 1.64. The zero-order valence-corrected chi connectivity index (χ0v) is 35.8. The number of methoxy groups -OCH3 is 2. The highest BCUT2D eigenvalue weighted by atomic mass is 31.2. The lowest BCUT2D eigenvalue weighted by Gasteiger charge is -2.39. The molecule has 0 aliphatic carbocycles. The molecule has 1 amide bonds. The molecule has 15 heteroatoms. The van der Waals surface area contributed by atoms with Crippen LogP contribution in [-0.4, -0.2) is 81.8 Å². The molecule has 1 aliphatic heterocycles. The number of fused-ring (bicyclic) bond motifs is 1. The molecule has 0 spiro atoms. The van der Waals surface area contributed by atoms with Gasteiger partial charge in [-0.1, -0.05) is 68.4 Å². The third-order valence-electron chi connectivity index (χ3n) is 10.1. The van der Waals surface area contributed by atoms with E-state index in [1.165, 1.54) is 6.33 Å². The first-order valence-corrected chi connectivity index (χ1v) is 21.0. The summed E-state index contributed by atoms with van der Waals surface area (Å²) in [6.45, 7) is 12.4. The first kappa shape index (κ1) is 43.6. The molecule has 1 aliphatic rings. The van der Waals surface area contributed by atoms with Crippen LogP contribution in [-0.2, 0) is 28.9 Å². The van der Waals surface area contributed by atoms with Gasteiger partial charge in [0.05, 0.1) is 52.4 Å². The lowest BCUT2D eigenvalue weighted by molar-refractivity contribution is -0.118. The van der Waals surface area contributed by atoms with E-state index in [0.29, 0.717) is 34.9 Å².